The molecule has 1 aliphatic rings. The van der Waals surface area contributed by atoms with Crippen molar-refractivity contribution in [1.82, 2.24) is 10.2 Å². The van der Waals surface area contributed by atoms with Crippen molar-refractivity contribution >= 4 is 39.1 Å². The zero-order valence-electron chi connectivity index (χ0n) is 21.6. The van der Waals surface area contributed by atoms with E-state index in [-0.39, 0.29) is 35.0 Å². The molecule has 0 heterocycles. The Morgan fingerprint density at radius 1 is 1.11 bits per heavy atom. The van der Waals surface area contributed by atoms with Crippen LogP contribution in [0.15, 0.2) is 42.5 Å². The van der Waals surface area contributed by atoms with Crippen LogP contribution >= 0.6 is 11.6 Å². The number of hydrogen-bond acceptors (Lipinski definition) is 6. The number of nitrogens with zero attached hydrogens (tertiary/aromatic N) is 2. The van der Waals surface area contributed by atoms with Crippen molar-refractivity contribution in [2.45, 2.75) is 51.2 Å². The summed E-state index contributed by atoms with van der Waals surface area (Å²) in [5.74, 6) is 0.0158. The second-order valence-corrected chi connectivity index (χ2v) is 11.5. The molecule has 0 aromatic heterocycles. The number of carbonyl (C=O) groups excluding carboxylic acids is 2. The highest BCUT2D eigenvalue weighted by atomic mass is 35.5. The lowest BCUT2D eigenvalue weighted by atomic mass is 10.1. The molecule has 1 aliphatic carbocycles. The molecule has 1 fully saturated rings. The van der Waals surface area contributed by atoms with E-state index < -0.39 is 28.5 Å². The van der Waals surface area contributed by atoms with Crippen LogP contribution in [0.4, 0.5) is 5.69 Å². The van der Waals surface area contributed by atoms with E-state index in [9.17, 15) is 18.0 Å². The van der Waals surface area contributed by atoms with Gasteiger partial charge in [0, 0.05) is 17.6 Å². The molecule has 2 aromatic rings. The van der Waals surface area contributed by atoms with Crippen LogP contribution < -0.4 is 19.1 Å². The van der Waals surface area contributed by atoms with E-state index in [0.29, 0.717) is 5.75 Å². The molecule has 2 aromatic carbocycles. The fourth-order valence-electron chi connectivity index (χ4n) is 4.39. The molecule has 1 atom stereocenters. The molecule has 0 spiro atoms. The zero-order chi connectivity index (χ0) is 27.2. The predicted octanol–water partition coefficient (Wildman–Crippen LogP) is 3.60. The third-order valence-electron chi connectivity index (χ3n) is 6.44. The molecule has 0 radical (unpaired) electrons. The topological polar surface area (TPSA) is 105 Å². The SMILES string of the molecule is COc1cccc(CN(C(=O)CN(c2cc(Cl)ccc2OC)S(C)(=O)=O)[C@@H](C)C(=O)NC2CCCC2)c1. The normalized spacial score (nSPS) is 14.6. The third-order valence-corrected chi connectivity index (χ3v) is 7.81. The number of benzene rings is 2. The molecule has 0 aliphatic heterocycles. The Labute approximate surface area is 223 Å². The summed E-state index contributed by atoms with van der Waals surface area (Å²) < 4.78 is 37.2. The van der Waals surface area contributed by atoms with E-state index in [1.54, 1.807) is 38.3 Å². The highest BCUT2D eigenvalue weighted by Gasteiger charge is 2.32. The Hall–Kier alpha value is -2.98. The monoisotopic (exact) mass is 551 g/mol. The van der Waals surface area contributed by atoms with Gasteiger partial charge in [-0.05, 0) is 55.7 Å². The van der Waals surface area contributed by atoms with E-state index >= 15 is 0 Å². The number of rotatable bonds is 11. The van der Waals surface area contributed by atoms with Crippen molar-refractivity contribution in [2.24, 2.45) is 0 Å². The van der Waals surface area contributed by atoms with Gasteiger partial charge in [-0.15, -0.1) is 0 Å². The molecule has 9 nitrogen and oxygen atoms in total. The number of anilines is 1. The fourth-order valence-corrected chi connectivity index (χ4v) is 5.41. The number of nitrogens with one attached hydrogen (secondary N) is 1. The molecule has 11 heteroatoms. The fraction of sp³-hybridized carbons (Fsp3) is 0.462. The minimum atomic E-state index is -3.92. The maximum absolute atomic E-state index is 13.7. The largest absolute Gasteiger partial charge is 0.497 e. The maximum Gasteiger partial charge on any atom is 0.244 e. The first kappa shape index (κ1) is 28.6. The van der Waals surface area contributed by atoms with Crippen molar-refractivity contribution < 1.29 is 27.5 Å². The number of carbonyl (C=O) groups is 2. The standard InChI is InChI=1S/C26H34ClN3O6S/c1-18(26(32)28-21-9-5-6-10-21)29(16-19-8-7-11-22(14-19)35-2)25(31)17-30(37(4,33)34)23-15-20(27)12-13-24(23)36-3/h7-8,11-15,18,21H,5-6,9-10,16-17H2,1-4H3,(H,28,32)/t18-/m0/s1. The second kappa shape index (κ2) is 12.5. The van der Waals surface area contributed by atoms with Gasteiger partial charge < -0.3 is 19.7 Å². The molecule has 0 bridgehead atoms. The minimum Gasteiger partial charge on any atom is -0.497 e. The highest BCUT2D eigenvalue weighted by molar-refractivity contribution is 7.92. The van der Waals surface area contributed by atoms with Gasteiger partial charge in [0.05, 0.1) is 26.2 Å². The average molecular weight is 552 g/mol. The Morgan fingerprint density at radius 3 is 2.43 bits per heavy atom. The van der Waals surface area contributed by atoms with E-state index in [4.69, 9.17) is 21.1 Å². The molecule has 3 rings (SSSR count). The van der Waals surface area contributed by atoms with Gasteiger partial charge in [-0.1, -0.05) is 36.6 Å². The van der Waals surface area contributed by atoms with Gasteiger partial charge in [0.15, 0.2) is 0 Å². The molecule has 1 saturated carbocycles. The summed E-state index contributed by atoms with van der Waals surface area (Å²) in [6.07, 6.45) is 4.91. The highest BCUT2D eigenvalue weighted by Crippen LogP contribution is 2.33. The number of amides is 2. The zero-order valence-corrected chi connectivity index (χ0v) is 23.1. The molecule has 202 valence electrons. The molecule has 0 saturated heterocycles. The van der Waals surface area contributed by atoms with Crippen molar-refractivity contribution in [3.05, 3.63) is 53.1 Å². The van der Waals surface area contributed by atoms with Crippen LogP contribution in [0.25, 0.3) is 0 Å². The van der Waals surface area contributed by atoms with E-state index in [2.05, 4.69) is 5.32 Å². The predicted molar refractivity (Wildman–Crippen MR) is 144 cm³/mol. The van der Waals surface area contributed by atoms with Crippen LogP contribution in [0, 0.1) is 0 Å². The van der Waals surface area contributed by atoms with Crippen LogP contribution in [0.1, 0.15) is 38.2 Å². The van der Waals surface area contributed by atoms with Gasteiger partial charge in [-0.2, -0.15) is 0 Å². The van der Waals surface area contributed by atoms with Gasteiger partial charge in [0.25, 0.3) is 0 Å². The number of sulfonamides is 1. The summed E-state index contributed by atoms with van der Waals surface area (Å²) in [7, 11) is -0.971. The summed E-state index contributed by atoms with van der Waals surface area (Å²) in [5.41, 5.74) is 0.870. The van der Waals surface area contributed by atoms with E-state index in [1.165, 1.54) is 24.1 Å². The molecule has 1 N–H and O–H groups in total. The molecule has 37 heavy (non-hydrogen) atoms. The minimum absolute atomic E-state index is 0.0759. The van der Waals surface area contributed by atoms with Crippen LogP contribution in [0.5, 0.6) is 11.5 Å². The summed E-state index contributed by atoms with van der Waals surface area (Å²) >= 11 is 6.14. The lowest BCUT2D eigenvalue weighted by Gasteiger charge is -2.32. The molecular formula is C26H34ClN3O6S. The van der Waals surface area contributed by atoms with Crippen LogP contribution in [0.2, 0.25) is 5.02 Å². The smallest absolute Gasteiger partial charge is 0.244 e. The van der Waals surface area contributed by atoms with Gasteiger partial charge in [0.1, 0.15) is 24.1 Å². The number of halogens is 1. The maximum atomic E-state index is 13.7. The summed E-state index contributed by atoms with van der Waals surface area (Å²) in [4.78, 5) is 28.3. The van der Waals surface area contributed by atoms with Crippen molar-refractivity contribution in [2.75, 3.05) is 31.3 Å². The average Bonchev–Trinajstić information content (AvgIpc) is 3.37. The first-order valence-corrected chi connectivity index (χ1v) is 14.3. The number of methoxy groups -OCH3 is 2. The van der Waals surface area contributed by atoms with E-state index in [1.807, 2.05) is 6.07 Å². The molecule has 2 amide bonds. The quantitative estimate of drug-likeness (QED) is 0.457. The Bertz CT molecular complexity index is 1220. The van der Waals surface area contributed by atoms with Crippen molar-refractivity contribution in [3.63, 3.8) is 0 Å². The number of ether oxygens (including phenoxy) is 2. The molecular weight excluding hydrogens is 518 g/mol. The lowest BCUT2D eigenvalue weighted by Crippen LogP contribution is -2.52. The summed E-state index contributed by atoms with van der Waals surface area (Å²) in [6, 6.07) is 10.9. The van der Waals surface area contributed by atoms with Gasteiger partial charge in [-0.3, -0.25) is 13.9 Å². The summed E-state index contributed by atoms with van der Waals surface area (Å²) in [6.45, 7) is 1.19. The van der Waals surface area contributed by atoms with Crippen LogP contribution in [0.3, 0.4) is 0 Å². The first-order valence-electron chi connectivity index (χ1n) is 12.1. The van der Waals surface area contributed by atoms with Gasteiger partial charge in [-0.25, -0.2) is 8.42 Å². The third kappa shape index (κ3) is 7.52. The van der Waals surface area contributed by atoms with Gasteiger partial charge >= 0.3 is 0 Å². The second-order valence-electron chi connectivity index (χ2n) is 9.12. The van der Waals surface area contributed by atoms with Gasteiger partial charge in [0.2, 0.25) is 21.8 Å². The van der Waals surface area contributed by atoms with E-state index in [0.717, 1.165) is 41.8 Å². The van der Waals surface area contributed by atoms with Crippen LogP contribution in [-0.2, 0) is 26.2 Å². The van der Waals surface area contributed by atoms with Crippen molar-refractivity contribution in [1.29, 1.82) is 0 Å². The molecule has 0 unspecified atom stereocenters. The number of hydrogen-bond donors (Lipinski definition) is 1. The Kier molecular flexibility index (Phi) is 9.67. The Balaban J connectivity index is 1.94. The first-order chi connectivity index (χ1) is 17.5. The lowest BCUT2D eigenvalue weighted by molar-refractivity contribution is -0.139. The summed E-state index contributed by atoms with van der Waals surface area (Å²) in [5, 5.41) is 3.32. The van der Waals surface area contributed by atoms with Crippen molar-refractivity contribution in [3.8, 4) is 11.5 Å². The Morgan fingerprint density at radius 2 is 1.81 bits per heavy atom. The van der Waals surface area contributed by atoms with Crippen LogP contribution in [-0.4, -0.2) is 64.2 Å².